The molecule has 1 aliphatic rings. The number of nitrogens with zero attached hydrogens (tertiary/aromatic N) is 1. The molecule has 3 N–H and O–H groups in total. The van der Waals surface area contributed by atoms with Crippen molar-refractivity contribution in [2.24, 2.45) is 0 Å². The van der Waals surface area contributed by atoms with Crippen LogP contribution in [-0.4, -0.2) is 38.9 Å². The number of benzene rings is 1. The van der Waals surface area contributed by atoms with Gasteiger partial charge in [0.05, 0.1) is 18.7 Å². The van der Waals surface area contributed by atoms with E-state index in [4.69, 9.17) is 18.5 Å². The number of aliphatic hydroxyl groups is 1. The Morgan fingerprint density at radius 1 is 1.25 bits per heavy atom. The van der Waals surface area contributed by atoms with Gasteiger partial charge in [-0.15, -0.1) is 0 Å². The molecule has 1 aliphatic heterocycles. The predicted octanol–water partition coefficient (Wildman–Crippen LogP) is 2.89. The Balaban J connectivity index is 1.81. The van der Waals surface area contributed by atoms with Crippen LogP contribution in [0.5, 0.6) is 5.75 Å². The number of hydrogen-bond acceptors (Lipinski definition) is 9. The number of aliphatic hydroxyl groups excluding tert-OH is 1. The van der Waals surface area contributed by atoms with E-state index in [0.717, 1.165) is 4.57 Å². The molecule has 0 unspecified atom stereocenters. The lowest BCUT2D eigenvalue weighted by molar-refractivity contribution is -0.149. The number of carbonyl (C=O) groups excluding carboxylic acids is 1. The summed E-state index contributed by atoms with van der Waals surface area (Å²) < 4.78 is 50.0. The van der Waals surface area contributed by atoms with E-state index < -0.39 is 55.3 Å². The highest BCUT2D eigenvalue weighted by molar-refractivity contribution is 7.52. The third kappa shape index (κ3) is 6.62. The Morgan fingerprint density at radius 3 is 2.56 bits per heavy atom. The third-order valence-corrected chi connectivity index (χ3v) is 6.59. The highest BCUT2D eigenvalue weighted by Crippen LogP contribution is 2.48. The Morgan fingerprint density at radius 2 is 1.92 bits per heavy atom. The number of para-hydroxylation sites is 1. The van der Waals surface area contributed by atoms with Gasteiger partial charge < -0.3 is 19.1 Å². The van der Waals surface area contributed by atoms with Gasteiger partial charge in [-0.25, -0.2) is 9.36 Å². The highest BCUT2D eigenvalue weighted by atomic mass is 31.2. The molecule has 14 heteroatoms. The van der Waals surface area contributed by atoms with Crippen molar-refractivity contribution >= 4 is 13.7 Å². The molecule has 0 radical (unpaired) electrons. The first-order valence-corrected chi connectivity index (χ1v) is 12.5. The van der Waals surface area contributed by atoms with Crippen LogP contribution in [-0.2, 0) is 23.4 Å². The number of rotatable bonds is 10. The van der Waals surface area contributed by atoms with E-state index in [-0.39, 0.29) is 23.7 Å². The normalized spacial score (nSPS) is 18.9. The Hall–Kier alpha value is -3.41. The average Bonchev–Trinajstić information content (AvgIpc) is 3.17. The minimum absolute atomic E-state index is 0.170. The fourth-order valence-electron chi connectivity index (χ4n) is 3.26. The standard InChI is InChI=1S/C22H27FN3O9P/c1-12(2)32-21(29)13(3)25-36(31,35-15-8-6-5-7-9-15)34-14(4)19-17(27)10-18(33-19)26-11-16(23)20(28)24-22(26)30/h5-9,11-14,18,27H,10H2,1-4H3,(H,25,31)(H,24,28,30)/t13-,14+,18+,36+/m0/s1. The molecule has 12 nitrogen and oxygen atoms in total. The van der Waals surface area contributed by atoms with Gasteiger partial charge in [-0.3, -0.25) is 23.7 Å². The number of aromatic nitrogens is 2. The van der Waals surface area contributed by atoms with Gasteiger partial charge in [0.25, 0.3) is 5.56 Å². The first-order valence-electron chi connectivity index (χ1n) is 11.0. The van der Waals surface area contributed by atoms with Crippen molar-refractivity contribution in [3.05, 3.63) is 74.7 Å². The maximum atomic E-state index is 13.7. The van der Waals surface area contributed by atoms with E-state index in [1.807, 2.05) is 0 Å². The van der Waals surface area contributed by atoms with Crippen LogP contribution in [0.3, 0.4) is 0 Å². The molecule has 4 atom stereocenters. The van der Waals surface area contributed by atoms with Crippen molar-refractivity contribution in [3.63, 3.8) is 0 Å². The summed E-state index contributed by atoms with van der Waals surface area (Å²) in [5.41, 5.74) is -2.15. The first-order chi connectivity index (χ1) is 16.9. The summed E-state index contributed by atoms with van der Waals surface area (Å²) in [6.07, 6.45) is -2.44. The minimum Gasteiger partial charge on any atom is -0.508 e. The Labute approximate surface area is 205 Å². The number of esters is 1. The van der Waals surface area contributed by atoms with Crippen LogP contribution in [0.15, 0.2) is 57.6 Å². The molecule has 0 amide bonds. The molecule has 36 heavy (non-hydrogen) atoms. The minimum atomic E-state index is -4.30. The molecule has 3 rings (SSSR count). The molecule has 0 fully saturated rings. The van der Waals surface area contributed by atoms with Gasteiger partial charge in [-0.05, 0) is 39.8 Å². The van der Waals surface area contributed by atoms with Gasteiger partial charge in [-0.2, -0.15) is 9.48 Å². The predicted molar refractivity (Wildman–Crippen MR) is 125 cm³/mol. The van der Waals surface area contributed by atoms with Crippen LogP contribution in [0, 0.1) is 5.82 Å². The molecule has 0 saturated carbocycles. The topological polar surface area (TPSA) is 158 Å². The molecule has 0 spiro atoms. The van der Waals surface area contributed by atoms with E-state index in [1.54, 1.807) is 37.0 Å². The van der Waals surface area contributed by atoms with Gasteiger partial charge in [0, 0.05) is 0 Å². The second-order valence-electron chi connectivity index (χ2n) is 8.22. The van der Waals surface area contributed by atoms with Crippen LogP contribution in [0.2, 0.25) is 0 Å². The van der Waals surface area contributed by atoms with Crippen molar-refractivity contribution in [1.29, 1.82) is 0 Å². The molecule has 0 saturated heterocycles. The molecular formula is C22H27FN3O9P. The molecule has 0 aliphatic carbocycles. The maximum absolute atomic E-state index is 13.7. The summed E-state index contributed by atoms with van der Waals surface area (Å²) in [5, 5.41) is 12.9. The number of nitrogens with one attached hydrogen (secondary N) is 2. The maximum Gasteiger partial charge on any atom is 0.460 e. The number of halogens is 1. The zero-order valence-electron chi connectivity index (χ0n) is 20.0. The number of ether oxygens (including phenoxy) is 2. The zero-order valence-corrected chi connectivity index (χ0v) is 20.9. The van der Waals surface area contributed by atoms with Gasteiger partial charge in [0.15, 0.2) is 12.0 Å². The molecule has 1 aromatic heterocycles. The van der Waals surface area contributed by atoms with Crippen molar-refractivity contribution in [3.8, 4) is 5.75 Å². The van der Waals surface area contributed by atoms with Crippen molar-refractivity contribution < 1.29 is 37.4 Å². The van der Waals surface area contributed by atoms with E-state index in [1.165, 1.54) is 26.0 Å². The van der Waals surface area contributed by atoms with Crippen molar-refractivity contribution in [2.45, 2.75) is 58.6 Å². The van der Waals surface area contributed by atoms with Crippen LogP contribution in [0.25, 0.3) is 0 Å². The molecule has 1 aromatic carbocycles. The number of carbonyl (C=O) groups is 1. The summed E-state index contributed by atoms with van der Waals surface area (Å²) in [6.45, 7) is 6.12. The Kier molecular flexibility index (Phi) is 8.39. The third-order valence-electron chi connectivity index (χ3n) is 4.84. The van der Waals surface area contributed by atoms with Crippen molar-refractivity contribution in [1.82, 2.24) is 14.6 Å². The van der Waals surface area contributed by atoms with Crippen LogP contribution in [0.4, 0.5) is 4.39 Å². The zero-order chi connectivity index (χ0) is 26.6. The fraction of sp³-hybridized carbons (Fsp3) is 0.409. The van der Waals surface area contributed by atoms with Crippen molar-refractivity contribution in [2.75, 3.05) is 0 Å². The summed E-state index contributed by atoms with van der Waals surface area (Å²) >= 11 is 0. The van der Waals surface area contributed by atoms with Crippen LogP contribution >= 0.6 is 7.75 Å². The van der Waals surface area contributed by atoms with Crippen LogP contribution in [0.1, 0.15) is 40.3 Å². The monoisotopic (exact) mass is 527 g/mol. The largest absolute Gasteiger partial charge is 0.508 e. The molecule has 2 heterocycles. The second-order valence-corrected chi connectivity index (χ2v) is 9.86. The lowest BCUT2D eigenvalue weighted by Gasteiger charge is -2.26. The summed E-state index contributed by atoms with van der Waals surface area (Å²) in [7, 11) is -4.30. The lowest BCUT2D eigenvalue weighted by Crippen LogP contribution is -2.37. The molecular weight excluding hydrogens is 500 g/mol. The summed E-state index contributed by atoms with van der Waals surface area (Å²) in [6, 6.07) is 6.94. The quantitative estimate of drug-likeness (QED) is 0.310. The van der Waals surface area contributed by atoms with Gasteiger partial charge in [0.2, 0.25) is 5.82 Å². The highest BCUT2D eigenvalue weighted by Gasteiger charge is 2.39. The second kappa shape index (κ2) is 11.1. The number of aromatic amines is 1. The summed E-state index contributed by atoms with van der Waals surface area (Å²) in [4.78, 5) is 37.4. The van der Waals surface area contributed by atoms with E-state index >= 15 is 0 Å². The van der Waals surface area contributed by atoms with Gasteiger partial charge in [-0.1, -0.05) is 18.2 Å². The van der Waals surface area contributed by atoms with E-state index in [2.05, 4.69) is 5.09 Å². The lowest BCUT2D eigenvalue weighted by atomic mass is 10.2. The van der Waals surface area contributed by atoms with E-state index in [9.17, 15) is 28.4 Å². The Bertz CT molecular complexity index is 1290. The molecule has 196 valence electrons. The van der Waals surface area contributed by atoms with Gasteiger partial charge >= 0.3 is 19.4 Å². The number of H-pyrrole nitrogens is 1. The fourth-order valence-corrected chi connectivity index (χ4v) is 4.91. The molecule has 2 aromatic rings. The van der Waals surface area contributed by atoms with Crippen LogP contribution < -0.4 is 20.9 Å². The first kappa shape index (κ1) is 27.2. The number of hydrogen-bond donors (Lipinski definition) is 3. The van der Waals surface area contributed by atoms with Gasteiger partial charge in [0.1, 0.15) is 23.7 Å². The molecule has 0 bridgehead atoms. The smallest absolute Gasteiger partial charge is 0.460 e. The average molecular weight is 527 g/mol. The SMILES string of the molecule is CC(C)OC(=O)[C@H](C)N[P@](=O)(Oc1ccccc1)O[C@H](C)C1=C(O)C[C@H](n2cc(F)c(=O)[nH]c2=O)O1. The summed E-state index contributed by atoms with van der Waals surface area (Å²) in [5.74, 6) is -2.30. The van der Waals surface area contributed by atoms with E-state index in [0.29, 0.717) is 6.20 Å².